The van der Waals surface area contributed by atoms with Crippen molar-refractivity contribution in [2.24, 2.45) is 5.41 Å². The minimum absolute atomic E-state index is 0.0943. The normalized spacial score (nSPS) is 20.7. The highest BCUT2D eigenvalue weighted by Gasteiger charge is 2.27. The van der Waals surface area contributed by atoms with Crippen molar-refractivity contribution in [2.45, 2.75) is 13.8 Å². The fourth-order valence-corrected chi connectivity index (χ4v) is 1.65. The van der Waals surface area contributed by atoms with Gasteiger partial charge in [0.2, 0.25) is 0 Å². The Balaban J connectivity index is 2.67. The lowest BCUT2D eigenvalue weighted by atomic mass is 9.93. The van der Waals surface area contributed by atoms with Crippen LogP contribution in [0.15, 0.2) is 11.4 Å². The molecule has 0 fully saturated rings. The summed E-state index contributed by atoms with van der Waals surface area (Å²) >= 11 is 0. The largest absolute Gasteiger partial charge is 0.395 e. The molecule has 1 aliphatic rings. The van der Waals surface area contributed by atoms with Gasteiger partial charge in [0.15, 0.2) is 0 Å². The van der Waals surface area contributed by atoms with Gasteiger partial charge in [-0.25, -0.2) is 0 Å². The molecule has 0 aliphatic carbocycles. The van der Waals surface area contributed by atoms with Crippen LogP contribution in [0.3, 0.4) is 0 Å². The van der Waals surface area contributed by atoms with Gasteiger partial charge in [-0.15, -0.1) is 0 Å². The highest BCUT2D eigenvalue weighted by atomic mass is 31.1. The summed E-state index contributed by atoms with van der Waals surface area (Å²) in [5, 5.41) is 17.3. The molecule has 0 spiro atoms. The average molecular weight is 157 g/mol. The van der Waals surface area contributed by atoms with Crippen LogP contribution in [0.4, 0.5) is 0 Å². The molecule has 0 bridgehead atoms. The van der Waals surface area contributed by atoms with Crippen molar-refractivity contribution in [3.8, 4) is 0 Å². The van der Waals surface area contributed by atoms with Gasteiger partial charge in [-0.3, -0.25) is 0 Å². The SMILES string of the molecule is CC(C)(CO)C1=CC(=N)P1. The number of aliphatic hydroxyl groups excluding tert-OH is 1. The van der Waals surface area contributed by atoms with Crippen molar-refractivity contribution in [2.75, 3.05) is 6.61 Å². The van der Waals surface area contributed by atoms with E-state index in [0.717, 1.165) is 0 Å². The van der Waals surface area contributed by atoms with Gasteiger partial charge in [0.05, 0.1) is 12.1 Å². The van der Waals surface area contributed by atoms with E-state index in [1.54, 1.807) is 0 Å². The Kier molecular flexibility index (Phi) is 1.93. The Bertz CT molecular complexity index is 196. The molecule has 0 radical (unpaired) electrons. The third-order valence-electron chi connectivity index (χ3n) is 1.68. The molecule has 0 saturated heterocycles. The number of hydrogen-bond acceptors (Lipinski definition) is 2. The van der Waals surface area contributed by atoms with Gasteiger partial charge in [0, 0.05) is 5.41 Å². The van der Waals surface area contributed by atoms with Crippen LogP contribution in [0.2, 0.25) is 0 Å². The van der Waals surface area contributed by atoms with Crippen molar-refractivity contribution in [1.29, 1.82) is 5.41 Å². The van der Waals surface area contributed by atoms with Gasteiger partial charge >= 0.3 is 0 Å². The van der Waals surface area contributed by atoms with Gasteiger partial charge in [0.25, 0.3) is 0 Å². The number of allylic oxidation sites excluding steroid dienone is 1. The van der Waals surface area contributed by atoms with Crippen molar-refractivity contribution in [1.82, 2.24) is 0 Å². The van der Waals surface area contributed by atoms with E-state index >= 15 is 0 Å². The first-order valence-electron chi connectivity index (χ1n) is 3.25. The molecule has 1 unspecified atom stereocenters. The molecule has 10 heavy (non-hydrogen) atoms. The summed E-state index contributed by atoms with van der Waals surface area (Å²) in [6.07, 6.45) is 1.86. The monoisotopic (exact) mass is 157 g/mol. The molecule has 0 saturated carbocycles. The lowest BCUT2D eigenvalue weighted by Gasteiger charge is -2.30. The Morgan fingerprint density at radius 1 is 1.70 bits per heavy atom. The van der Waals surface area contributed by atoms with Gasteiger partial charge in [-0.05, 0) is 20.0 Å². The predicted octanol–water partition coefficient (Wildman–Crippen LogP) is 1.56. The minimum atomic E-state index is -0.0943. The van der Waals surface area contributed by atoms with Crippen LogP contribution < -0.4 is 0 Å². The molecule has 0 aromatic heterocycles. The number of rotatable bonds is 2. The van der Waals surface area contributed by atoms with Gasteiger partial charge < -0.3 is 10.5 Å². The molecule has 2 nitrogen and oxygen atoms in total. The zero-order valence-electron chi connectivity index (χ0n) is 6.23. The van der Waals surface area contributed by atoms with Crippen LogP contribution in [-0.4, -0.2) is 17.2 Å². The van der Waals surface area contributed by atoms with Crippen molar-refractivity contribution in [3.63, 3.8) is 0 Å². The molecule has 0 aromatic rings. The first-order valence-corrected chi connectivity index (χ1v) is 4.25. The predicted molar refractivity (Wildman–Crippen MR) is 45.0 cm³/mol. The second-order valence-corrected chi connectivity index (χ2v) is 4.47. The van der Waals surface area contributed by atoms with E-state index in [1.807, 2.05) is 19.9 Å². The standard InChI is InChI=1S/C7H12NOP/c1-7(2,4-9)5-3-6(8)10-5/h3,8-10H,4H2,1-2H3. The second-order valence-electron chi connectivity index (χ2n) is 3.14. The van der Waals surface area contributed by atoms with Crippen LogP contribution in [-0.2, 0) is 0 Å². The first-order chi connectivity index (χ1) is 4.56. The Morgan fingerprint density at radius 3 is 2.50 bits per heavy atom. The fraction of sp³-hybridized carbons (Fsp3) is 0.571. The number of aliphatic hydroxyl groups is 1. The van der Waals surface area contributed by atoms with Crippen LogP contribution in [0.25, 0.3) is 0 Å². The maximum absolute atomic E-state index is 8.91. The topological polar surface area (TPSA) is 44.1 Å². The third-order valence-corrected chi connectivity index (χ3v) is 3.19. The highest BCUT2D eigenvalue weighted by molar-refractivity contribution is 7.66. The summed E-state index contributed by atoms with van der Waals surface area (Å²) in [6, 6.07) is 0. The Morgan fingerprint density at radius 2 is 2.20 bits per heavy atom. The molecule has 1 atom stereocenters. The summed E-state index contributed by atoms with van der Waals surface area (Å²) in [7, 11) is 0.529. The number of hydrogen-bond donors (Lipinski definition) is 2. The van der Waals surface area contributed by atoms with Crippen LogP contribution in [0.5, 0.6) is 0 Å². The first kappa shape index (κ1) is 7.90. The molecule has 0 aromatic carbocycles. The minimum Gasteiger partial charge on any atom is -0.395 e. The van der Waals surface area contributed by atoms with E-state index in [0.29, 0.717) is 14.0 Å². The lowest BCUT2D eigenvalue weighted by molar-refractivity contribution is 0.196. The quantitative estimate of drug-likeness (QED) is 0.587. The van der Waals surface area contributed by atoms with Crippen LogP contribution in [0, 0.1) is 10.8 Å². The van der Waals surface area contributed by atoms with Crippen molar-refractivity contribution >= 4 is 14.0 Å². The molecule has 2 N–H and O–H groups in total. The summed E-state index contributed by atoms with van der Waals surface area (Å²) in [4.78, 5) is 0. The fourth-order valence-electron chi connectivity index (χ4n) is 0.734. The molecule has 1 heterocycles. The van der Waals surface area contributed by atoms with Gasteiger partial charge in [-0.1, -0.05) is 13.8 Å². The molecule has 0 amide bonds. The van der Waals surface area contributed by atoms with E-state index in [1.165, 1.54) is 5.31 Å². The average Bonchev–Trinajstić information content (AvgIpc) is 1.81. The van der Waals surface area contributed by atoms with Gasteiger partial charge in [-0.2, -0.15) is 0 Å². The Hall–Kier alpha value is -0.200. The summed E-state index contributed by atoms with van der Waals surface area (Å²) in [5.41, 5.74) is 0.611. The third kappa shape index (κ3) is 1.28. The summed E-state index contributed by atoms with van der Waals surface area (Å²) < 4.78 is 0. The van der Waals surface area contributed by atoms with E-state index in [9.17, 15) is 0 Å². The smallest absolute Gasteiger partial charge is 0.0556 e. The van der Waals surface area contributed by atoms with E-state index in [2.05, 4.69) is 0 Å². The molecular formula is C7H12NOP. The zero-order valence-corrected chi connectivity index (χ0v) is 7.23. The Labute approximate surface area is 62.6 Å². The molecule has 3 heteroatoms. The number of nitrogens with one attached hydrogen (secondary N) is 1. The van der Waals surface area contributed by atoms with Crippen molar-refractivity contribution < 1.29 is 5.11 Å². The van der Waals surface area contributed by atoms with Crippen molar-refractivity contribution in [3.05, 3.63) is 11.4 Å². The van der Waals surface area contributed by atoms with E-state index < -0.39 is 0 Å². The maximum atomic E-state index is 8.91. The zero-order chi connectivity index (χ0) is 7.78. The van der Waals surface area contributed by atoms with Crippen LogP contribution >= 0.6 is 8.58 Å². The molecule has 1 aliphatic heterocycles. The second kappa shape index (κ2) is 2.44. The highest BCUT2D eigenvalue weighted by Crippen LogP contribution is 2.46. The lowest BCUT2D eigenvalue weighted by Crippen LogP contribution is -2.21. The molecule has 56 valence electrons. The molecule has 1 rings (SSSR count). The van der Waals surface area contributed by atoms with Gasteiger partial charge in [0.1, 0.15) is 0 Å². The van der Waals surface area contributed by atoms with Crippen LogP contribution in [0.1, 0.15) is 13.8 Å². The van der Waals surface area contributed by atoms with E-state index in [4.69, 9.17) is 10.5 Å². The van der Waals surface area contributed by atoms with E-state index in [-0.39, 0.29) is 12.0 Å². The summed E-state index contributed by atoms with van der Waals surface area (Å²) in [6.45, 7) is 4.18. The summed E-state index contributed by atoms with van der Waals surface area (Å²) in [5.74, 6) is 0. The maximum Gasteiger partial charge on any atom is 0.0556 e. The molecular weight excluding hydrogens is 145 g/mol.